The van der Waals surface area contributed by atoms with Crippen molar-refractivity contribution in [3.63, 3.8) is 0 Å². The van der Waals surface area contributed by atoms with Gasteiger partial charge >= 0.3 is 0 Å². The predicted octanol–water partition coefficient (Wildman–Crippen LogP) is 4.75. The first-order valence-corrected chi connectivity index (χ1v) is 11.0. The minimum absolute atomic E-state index is 0.0623. The van der Waals surface area contributed by atoms with E-state index in [-0.39, 0.29) is 11.2 Å². The van der Waals surface area contributed by atoms with E-state index >= 15 is 0 Å². The molecule has 174 valence electrons. The topological polar surface area (TPSA) is 97.8 Å². The SMILES string of the molecule is CC1(C)COC(c2nc(-c3ccc(F)cc3)c(-c3ccnc(NCc4cccnc4)n3)[nH]2)OC1. The minimum atomic E-state index is -0.619. The molecule has 1 fully saturated rings. The molecule has 8 nitrogen and oxygen atoms in total. The maximum atomic E-state index is 13.6. The lowest BCUT2D eigenvalue weighted by Gasteiger charge is -2.33. The van der Waals surface area contributed by atoms with Gasteiger partial charge in [-0.2, -0.15) is 0 Å². The largest absolute Gasteiger partial charge is 0.350 e. The van der Waals surface area contributed by atoms with Crippen LogP contribution in [0.5, 0.6) is 0 Å². The fourth-order valence-corrected chi connectivity index (χ4v) is 3.62. The molecule has 5 rings (SSSR count). The fraction of sp³-hybridized carbons (Fsp3) is 0.280. The molecule has 0 amide bonds. The second-order valence-electron chi connectivity index (χ2n) is 8.95. The van der Waals surface area contributed by atoms with Crippen molar-refractivity contribution in [3.05, 3.63) is 78.3 Å². The zero-order valence-corrected chi connectivity index (χ0v) is 19.0. The van der Waals surface area contributed by atoms with Crippen LogP contribution in [-0.2, 0) is 16.0 Å². The van der Waals surface area contributed by atoms with Crippen LogP contribution in [-0.4, -0.2) is 38.1 Å². The van der Waals surface area contributed by atoms with Gasteiger partial charge < -0.3 is 19.8 Å². The molecule has 3 aromatic heterocycles. The maximum absolute atomic E-state index is 13.6. The normalized spacial score (nSPS) is 15.9. The van der Waals surface area contributed by atoms with Gasteiger partial charge in [-0.05, 0) is 42.0 Å². The van der Waals surface area contributed by atoms with Gasteiger partial charge in [0, 0.05) is 36.1 Å². The van der Waals surface area contributed by atoms with Crippen molar-refractivity contribution in [2.75, 3.05) is 18.5 Å². The fourth-order valence-electron chi connectivity index (χ4n) is 3.62. The molecule has 4 heterocycles. The number of hydrogen-bond donors (Lipinski definition) is 2. The van der Waals surface area contributed by atoms with E-state index in [0.717, 1.165) is 11.1 Å². The van der Waals surface area contributed by atoms with Crippen molar-refractivity contribution in [2.45, 2.75) is 26.7 Å². The van der Waals surface area contributed by atoms with Gasteiger partial charge in [0.25, 0.3) is 0 Å². The number of hydrogen-bond acceptors (Lipinski definition) is 7. The summed E-state index contributed by atoms with van der Waals surface area (Å²) in [5.41, 5.74) is 3.64. The summed E-state index contributed by atoms with van der Waals surface area (Å²) >= 11 is 0. The molecular formula is C25H25FN6O2. The zero-order chi connectivity index (χ0) is 23.5. The van der Waals surface area contributed by atoms with E-state index < -0.39 is 6.29 Å². The lowest BCUT2D eigenvalue weighted by atomic mass is 9.96. The van der Waals surface area contributed by atoms with Crippen LogP contribution in [0.1, 0.15) is 31.5 Å². The Kier molecular flexibility index (Phi) is 6.04. The molecule has 0 radical (unpaired) electrons. The van der Waals surface area contributed by atoms with Crippen molar-refractivity contribution in [3.8, 4) is 22.6 Å². The highest BCUT2D eigenvalue weighted by Crippen LogP contribution is 2.35. The van der Waals surface area contributed by atoms with Gasteiger partial charge in [0.1, 0.15) is 5.82 Å². The maximum Gasteiger partial charge on any atom is 0.223 e. The Morgan fingerprint density at radius 2 is 1.85 bits per heavy atom. The summed E-state index contributed by atoms with van der Waals surface area (Å²) in [7, 11) is 0. The molecule has 4 aromatic rings. The van der Waals surface area contributed by atoms with E-state index in [4.69, 9.17) is 14.5 Å². The number of aromatic amines is 1. The molecule has 0 aliphatic carbocycles. The number of ether oxygens (including phenoxy) is 2. The smallest absolute Gasteiger partial charge is 0.223 e. The molecule has 1 aliphatic heterocycles. The summed E-state index contributed by atoms with van der Waals surface area (Å²) in [6.45, 7) is 5.81. The molecule has 2 N–H and O–H groups in total. The first-order chi connectivity index (χ1) is 16.5. The highest BCUT2D eigenvalue weighted by molar-refractivity contribution is 5.77. The second-order valence-corrected chi connectivity index (χ2v) is 8.95. The van der Waals surface area contributed by atoms with Crippen LogP contribution in [0.3, 0.4) is 0 Å². The van der Waals surface area contributed by atoms with Gasteiger partial charge in [0.15, 0.2) is 5.82 Å². The van der Waals surface area contributed by atoms with Gasteiger partial charge in [-0.15, -0.1) is 0 Å². The van der Waals surface area contributed by atoms with Gasteiger partial charge in [-0.3, -0.25) is 4.98 Å². The van der Waals surface area contributed by atoms with Crippen LogP contribution in [0.4, 0.5) is 10.3 Å². The number of halogens is 1. The molecule has 0 saturated carbocycles. The predicted molar refractivity (Wildman–Crippen MR) is 125 cm³/mol. The number of nitrogens with one attached hydrogen (secondary N) is 2. The Morgan fingerprint density at radius 1 is 1.06 bits per heavy atom. The molecule has 1 aromatic carbocycles. The van der Waals surface area contributed by atoms with Crippen LogP contribution in [0.15, 0.2) is 61.1 Å². The van der Waals surface area contributed by atoms with Crippen molar-refractivity contribution in [1.82, 2.24) is 24.9 Å². The quantitative estimate of drug-likeness (QED) is 0.428. The summed E-state index contributed by atoms with van der Waals surface area (Å²) in [6.07, 6.45) is 4.58. The summed E-state index contributed by atoms with van der Waals surface area (Å²) in [5.74, 6) is 0.689. The number of benzene rings is 1. The number of H-pyrrole nitrogens is 1. The Balaban J connectivity index is 1.47. The number of nitrogens with zero attached hydrogens (tertiary/aromatic N) is 4. The van der Waals surface area contributed by atoms with Crippen LogP contribution in [0.25, 0.3) is 22.6 Å². The highest BCUT2D eigenvalue weighted by Gasteiger charge is 2.32. The third-order valence-electron chi connectivity index (χ3n) is 5.40. The monoisotopic (exact) mass is 460 g/mol. The Morgan fingerprint density at radius 3 is 2.59 bits per heavy atom. The molecule has 0 unspecified atom stereocenters. The van der Waals surface area contributed by atoms with Crippen molar-refractivity contribution in [1.29, 1.82) is 0 Å². The lowest BCUT2D eigenvalue weighted by molar-refractivity contribution is -0.229. The summed E-state index contributed by atoms with van der Waals surface area (Å²) in [6, 6.07) is 11.8. The van der Waals surface area contributed by atoms with E-state index in [1.165, 1.54) is 12.1 Å². The third kappa shape index (κ3) is 4.95. The summed E-state index contributed by atoms with van der Waals surface area (Å²) in [5, 5.41) is 3.22. The number of anilines is 1. The van der Waals surface area contributed by atoms with E-state index in [1.807, 2.05) is 12.1 Å². The minimum Gasteiger partial charge on any atom is -0.350 e. The van der Waals surface area contributed by atoms with Gasteiger partial charge in [-0.25, -0.2) is 19.3 Å². The summed E-state index contributed by atoms with van der Waals surface area (Å²) < 4.78 is 25.4. The Bertz CT molecular complexity index is 1250. The lowest BCUT2D eigenvalue weighted by Crippen LogP contribution is -2.34. The number of pyridine rings is 1. The molecule has 9 heteroatoms. The average molecular weight is 461 g/mol. The Hall–Kier alpha value is -3.69. The van der Waals surface area contributed by atoms with Crippen molar-refractivity contribution < 1.29 is 13.9 Å². The van der Waals surface area contributed by atoms with E-state index in [2.05, 4.69) is 39.1 Å². The van der Waals surface area contributed by atoms with E-state index in [0.29, 0.717) is 48.6 Å². The van der Waals surface area contributed by atoms with Crippen molar-refractivity contribution >= 4 is 5.95 Å². The standard InChI is InChI=1S/C25H25FN6O2/c1-25(2)14-33-23(34-15-25)22-31-20(17-5-7-18(26)8-6-17)21(32-22)19-9-11-28-24(30-19)29-13-16-4-3-10-27-12-16/h3-12,23H,13-15H2,1-2H3,(H,31,32)(H,28,29,30). The average Bonchev–Trinajstić information content (AvgIpc) is 3.29. The first kappa shape index (κ1) is 22.1. The van der Waals surface area contributed by atoms with Crippen LogP contribution < -0.4 is 5.32 Å². The molecule has 0 bridgehead atoms. The van der Waals surface area contributed by atoms with Gasteiger partial charge in [-0.1, -0.05) is 19.9 Å². The number of rotatable bonds is 6. The number of imidazole rings is 1. The third-order valence-corrected chi connectivity index (χ3v) is 5.40. The van der Waals surface area contributed by atoms with Crippen molar-refractivity contribution in [2.24, 2.45) is 5.41 Å². The molecule has 34 heavy (non-hydrogen) atoms. The number of aromatic nitrogens is 5. The summed E-state index contributed by atoms with van der Waals surface area (Å²) in [4.78, 5) is 21.2. The molecule has 1 aliphatic rings. The molecule has 1 saturated heterocycles. The van der Waals surface area contributed by atoms with Crippen LogP contribution in [0, 0.1) is 11.2 Å². The molecule has 0 atom stereocenters. The van der Waals surface area contributed by atoms with Gasteiger partial charge in [0.05, 0.1) is 30.3 Å². The van der Waals surface area contributed by atoms with Gasteiger partial charge in [0.2, 0.25) is 12.2 Å². The van der Waals surface area contributed by atoms with Crippen LogP contribution >= 0.6 is 0 Å². The molecular weight excluding hydrogens is 435 g/mol. The Labute approximate surface area is 196 Å². The first-order valence-electron chi connectivity index (χ1n) is 11.0. The highest BCUT2D eigenvalue weighted by atomic mass is 19.1. The zero-order valence-electron chi connectivity index (χ0n) is 19.0. The second kappa shape index (κ2) is 9.28. The van der Waals surface area contributed by atoms with Crippen LogP contribution in [0.2, 0.25) is 0 Å². The van der Waals surface area contributed by atoms with E-state index in [1.54, 1.807) is 36.8 Å². The van der Waals surface area contributed by atoms with E-state index in [9.17, 15) is 4.39 Å². The molecule has 0 spiro atoms.